The Morgan fingerprint density at radius 1 is 0.226 bits per heavy atom. The first kappa shape index (κ1) is 88.5. The minimum Gasteiger partial charge on any atom is -0.455 e. The maximum absolute atomic E-state index is 7.61. The second-order valence-corrected chi connectivity index (χ2v) is 43.0. The van der Waals surface area contributed by atoms with Crippen LogP contribution in [0.4, 0.5) is 17.1 Å². The molecule has 15 aromatic carbocycles. The van der Waals surface area contributed by atoms with Gasteiger partial charge in [-0.05, 0) is 274 Å². The molecular formula is C133H133NO3. The van der Waals surface area contributed by atoms with Gasteiger partial charge in [0.25, 0.3) is 0 Å². The summed E-state index contributed by atoms with van der Waals surface area (Å²) in [5, 5.41) is 7.13. The number of fused-ring (bicyclic) bond motifs is 28. The number of anilines is 3. The number of unbranched alkanes of at least 4 members (excludes halogenated alkanes) is 16. The topological polar surface area (TPSA) is 42.7 Å². The fourth-order valence-electron chi connectivity index (χ4n) is 27.1. The zero-order valence-corrected chi connectivity index (χ0v) is 83.0. The first-order valence-electron chi connectivity index (χ1n) is 52.9. The Morgan fingerprint density at radius 2 is 0.599 bits per heavy atom. The third-order valence-corrected chi connectivity index (χ3v) is 34.0. The van der Waals surface area contributed by atoms with E-state index in [1.54, 1.807) is 11.1 Å². The van der Waals surface area contributed by atoms with E-state index in [0.717, 1.165) is 99.9 Å². The van der Waals surface area contributed by atoms with Gasteiger partial charge in [0.05, 0.1) is 0 Å². The van der Waals surface area contributed by atoms with Gasteiger partial charge in [-0.2, -0.15) is 0 Å². The van der Waals surface area contributed by atoms with E-state index in [1.807, 2.05) is 0 Å². The molecule has 688 valence electrons. The van der Waals surface area contributed by atoms with Crippen LogP contribution in [-0.2, 0) is 39.9 Å². The molecule has 0 radical (unpaired) electrons. The molecule has 137 heavy (non-hydrogen) atoms. The lowest BCUT2D eigenvalue weighted by Crippen LogP contribution is -2.26. The molecule has 0 atom stereocenters. The van der Waals surface area contributed by atoms with Crippen LogP contribution in [0.25, 0.3) is 166 Å². The maximum atomic E-state index is 7.61. The summed E-state index contributed by atoms with van der Waals surface area (Å²) < 4.78 is 22.0. The van der Waals surface area contributed by atoms with E-state index >= 15 is 0 Å². The summed E-state index contributed by atoms with van der Waals surface area (Å²) in [6.45, 7) is 29.1. The molecule has 4 heteroatoms. The van der Waals surface area contributed by atoms with Crippen molar-refractivity contribution in [2.24, 2.45) is 0 Å². The zero-order chi connectivity index (χ0) is 93.4. The normalized spacial score (nSPS) is 14.9. The van der Waals surface area contributed by atoms with Crippen molar-refractivity contribution < 1.29 is 13.3 Å². The molecule has 3 heterocycles. The molecule has 5 aliphatic carbocycles. The van der Waals surface area contributed by atoms with Crippen molar-refractivity contribution in [3.63, 3.8) is 0 Å². The number of nitrogens with zero attached hydrogens (tertiary/aromatic N) is 1. The summed E-state index contributed by atoms with van der Waals surface area (Å²) in [7, 11) is 0. The van der Waals surface area contributed by atoms with Crippen LogP contribution in [0.2, 0.25) is 0 Å². The van der Waals surface area contributed by atoms with E-state index in [2.05, 4.69) is 361 Å². The SMILES string of the molecule is CCCCCCCC1(CCCCCCC)c2ccccc2-c2ccc(-c3ccc4c(c3)C(C)(C)c3cc(-c5cc6c(c7c5oc5ccccc57)-c5ccc(N(c7ccc(-c8c(CC)cc(-c9ccccc9)c9oc%10ccccc%10c89)c(CC)c7)c7ccc8c(c7)C(C)(C)c7c9c(c%10oc%11ccccc%11c%10c7-8)-c7ccccc7C9(C)C)cc5C6(CCCCCCC)CCCCCCC)ccc3-4)cc21. The fourth-order valence-corrected chi connectivity index (χ4v) is 27.1. The fraction of sp³-hybridized carbons (Fsp3) is 0.323. The van der Waals surface area contributed by atoms with Crippen molar-refractivity contribution in [1.29, 1.82) is 0 Å². The van der Waals surface area contributed by atoms with Crippen molar-refractivity contribution >= 4 is 82.9 Å². The number of hydrogen-bond acceptors (Lipinski definition) is 4. The van der Waals surface area contributed by atoms with Gasteiger partial charge in [0.15, 0.2) is 0 Å². The third kappa shape index (κ3) is 14.0. The highest BCUT2D eigenvalue weighted by atomic mass is 16.3. The highest BCUT2D eigenvalue weighted by Crippen LogP contribution is 2.67. The van der Waals surface area contributed by atoms with E-state index in [1.165, 1.54) is 306 Å². The average molecular weight is 1790 g/mol. The van der Waals surface area contributed by atoms with Crippen LogP contribution < -0.4 is 4.90 Å². The van der Waals surface area contributed by atoms with Gasteiger partial charge >= 0.3 is 0 Å². The van der Waals surface area contributed by atoms with Gasteiger partial charge in [-0.1, -0.05) is 400 Å². The van der Waals surface area contributed by atoms with Gasteiger partial charge in [0, 0.05) is 93.1 Å². The molecule has 18 aromatic rings. The van der Waals surface area contributed by atoms with Gasteiger partial charge in [-0.3, -0.25) is 0 Å². The van der Waals surface area contributed by atoms with E-state index in [4.69, 9.17) is 13.3 Å². The summed E-state index contributed by atoms with van der Waals surface area (Å²) in [4.78, 5) is 2.68. The molecule has 0 saturated heterocycles. The number of para-hydroxylation sites is 3. The molecule has 23 rings (SSSR count). The van der Waals surface area contributed by atoms with Gasteiger partial charge in [-0.25, -0.2) is 0 Å². The molecule has 0 spiro atoms. The van der Waals surface area contributed by atoms with Crippen LogP contribution in [0.3, 0.4) is 0 Å². The van der Waals surface area contributed by atoms with Crippen LogP contribution in [0.1, 0.15) is 304 Å². The molecule has 0 bridgehead atoms. The average Bonchev–Trinajstić information content (AvgIpc) is 1.50. The van der Waals surface area contributed by atoms with Crippen LogP contribution in [-0.4, -0.2) is 0 Å². The van der Waals surface area contributed by atoms with Crippen molar-refractivity contribution in [2.45, 2.75) is 277 Å². The summed E-state index contributed by atoms with van der Waals surface area (Å²) in [5.41, 5.74) is 47.9. The Labute approximate surface area is 812 Å². The number of furan rings is 3. The zero-order valence-electron chi connectivity index (χ0n) is 83.0. The molecule has 0 amide bonds. The summed E-state index contributed by atoms with van der Waals surface area (Å²) in [6, 6.07) is 107. The summed E-state index contributed by atoms with van der Waals surface area (Å²) in [6.07, 6.45) is 31.1. The van der Waals surface area contributed by atoms with Crippen LogP contribution in [0.15, 0.2) is 286 Å². The van der Waals surface area contributed by atoms with Gasteiger partial charge in [-0.15, -0.1) is 0 Å². The molecule has 3 aromatic heterocycles. The number of benzene rings is 15. The van der Waals surface area contributed by atoms with Crippen molar-refractivity contribution in [3.05, 3.63) is 340 Å². The molecule has 0 aliphatic heterocycles. The molecule has 0 N–H and O–H groups in total. The molecule has 5 aliphatic rings. The molecule has 0 unspecified atom stereocenters. The van der Waals surface area contributed by atoms with E-state index in [-0.39, 0.29) is 21.7 Å². The highest BCUT2D eigenvalue weighted by molar-refractivity contribution is 6.23. The first-order chi connectivity index (χ1) is 67.0. The Kier molecular flexibility index (Phi) is 22.7. The Morgan fingerprint density at radius 3 is 1.15 bits per heavy atom. The minimum absolute atomic E-state index is 0.00865. The number of aryl methyl sites for hydroxylation is 2. The number of hydrogen-bond donors (Lipinski definition) is 0. The first-order valence-corrected chi connectivity index (χ1v) is 52.9. The predicted molar refractivity (Wildman–Crippen MR) is 582 cm³/mol. The van der Waals surface area contributed by atoms with E-state index in [9.17, 15) is 0 Å². The minimum atomic E-state index is -0.434. The quantitative estimate of drug-likeness (QED) is 0.0385. The lowest BCUT2D eigenvalue weighted by Gasteiger charge is -2.35. The van der Waals surface area contributed by atoms with E-state index < -0.39 is 5.41 Å². The van der Waals surface area contributed by atoms with Crippen molar-refractivity contribution in [2.75, 3.05) is 4.90 Å². The molecule has 4 nitrogen and oxygen atoms in total. The van der Waals surface area contributed by atoms with Gasteiger partial charge < -0.3 is 18.2 Å². The van der Waals surface area contributed by atoms with Crippen molar-refractivity contribution in [3.8, 4) is 100 Å². The predicted octanol–water partition coefficient (Wildman–Crippen LogP) is 39.5. The third-order valence-electron chi connectivity index (χ3n) is 34.0. The lowest BCUT2D eigenvalue weighted by atomic mass is 9.70. The summed E-state index contributed by atoms with van der Waals surface area (Å²) >= 11 is 0. The van der Waals surface area contributed by atoms with E-state index in [0.29, 0.717) is 0 Å². The standard InChI is InChI=1S/C133H133NO3/c1-13-19-23-27-44-72-132(73-45-28-24-20-14-2)107-56-40-34-50-94(107)97-67-61-88(79-111(97)132)87-60-66-95-96-68-62-89(80-109(96)129(7,8)108(95)78-87)105-83-113-118(121-102-53-37-42-58-115(102)136-127(105)121)100-71-65-92(82-112(100)133(113,74-46-29-25-21-15-3)75-47-30-26-22-16-4)134(90-63-69-93(84(17-5)76-90)117-85(18-6)77-104(86-48-32-31-33-49-86)126-120(117)101-52-36-41-57-114(101)135-126)91-64-70-99-110(81-91)131(11,12)124-119(99)122-103-54-38-43-59-116(103)137-128(122)123-98-51-35-39-55-106(98)130(9,10)125(123)124/h31-43,48-71,76-83H,13-30,44-47,72-75H2,1-12H3. The lowest BCUT2D eigenvalue weighted by molar-refractivity contribution is 0.399. The Hall–Kier alpha value is -12.5. The monoisotopic (exact) mass is 1790 g/mol. The van der Waals surface area contributed by atoms with Gasteiger partial charge in [0.2, 0.25) is 0 Å². The van der Waals surface area contributed by atoms with Gasteiger partial charge in [0.1, 0.15) is 33.5 Å². The molecule has 0 fully saturated rings. The van der Waals surface area contributed by atoms with Crippen LogP contribution in [0.5, 0.6) is 0 Å². The summed E-state index contributed by atoms with van der Waals surface area (Å²) in [5.74, 6) is 0. The Balaban J connectivity index is 0.702. The highest BCUT2D eigenvalue weighted by Gasteiger charge is 2.51. The number of rotatable bonds is 33. The van der Waals surface area contributed by atoms with Crippen LogP contribution in [0, 0.1) is 0 Å². The largest absolute Gasteiger partial charge is 0.455 e. The second kappa shape index (κ2) is 35.2. The molecular weight excluding hydrogens is 1660 g/mol. The molecule has 0 saturated carbocycles. The second-order valence-electron chi connectivity index (χ2n) is 43.0. The Bertz CT molecular complexity index is 7760. The van der Waals surface area contributed by atoms with Crippen LogP contribution >= 0.6 is 0 Å². The maximum Gasteiger partial charge on any atom is 0.144 e. The smallest absolute Gasteiger partial charge is 0.144 e. The van der Waals surface area contributed by atoms with Crippen molar-refractivity contribution in [1.82, 2.24) is 0 Å².